The number of benzene rings is 1. The van der Waals surface area contributed by atoms with Crippen molar-refractivity contribution < 1.29 is 19.4 Å². The fourth-order valence-corrected chi connectivity index (χ4v) is 3.80. The Morgan fingerprint density at radius 3 is 2.68 bits per heavy atom. The third-order valence-electron chi connectivity index (χ3n) is 3.98. The maximum atomic E-state index is 12.1. The van der Waals surface area contributed by atoms with Crippen LogP contribution in [-0.2, 0) is 14.3 Å². The van der Waals surface area contributed by atoms with E-state index in [4.69, 9.17) is 15.1 Å². The molecule has 0 bridgehead atoms. The van der Waals surface area contributed by atoms with E-state index in [0.29, 0.717) is 5.69 Å². The van der Waals surface area contributed by atoms with Crippen LogP contribution in [-0.4, -0.2) is 53.8 Å². The fraction of sp³-hybridized carbons (Fsp3) is 0.471. The van der Waals surface area contributed by atoms with Crippen LogP contribution in [0.2, 0.25) is 0 Å². The van der Waals surface area contributed by atoms with Crippen LogP contribution in [0, 0.1) is 11.3 Å². The van der Waals surface area contributed by atoms with Gasteiger partial charge in [-0.05, 0) is 36.5 Å². The molecule has 1 heterocycles. The van der Waals surface area contributed by atoms with Crippen LogP contribution in [0.15, 0.2) is 24.3 Å². The molecule has 1 aliphatic rings. The Balaban J connectivity index is 1.93. The molecule has 2 amide bonds. The van der Waals surface area contributed by atoms with E-state index in [2.05, 4.69) is 10.6 Å². The van der Waals surface area contributed by atoms with E-state index in [1.165, 1.54) is 0 Å². The summed E-state index contributed by atoms with van der Waals surface area (Å²) in [6.45, 7) is 0.316. The van der Waals surface area contributed by atoms with Crippen LogP contribution in [0.25, 0.3) is 0 Å². The zero-order valence-corrected chi connectivity index (χ0v) is 14.6. The van der Waals surface area contributed by atoms with E-state index >= 15 is 0 Å². The molecule has 3 N–H and O–H groups in total. The van der Waals surface area contributed by atoms with E-state index in [0.717, 1.165) is 24.3 Å². The average Bonchev–Trinajstić information content (AvgIpc) is 2.65. The van der Waals surface area contributed by atoms with Gasteiger partial charge in [0.1, 0.15) is 6.07 Å². The van der Waals surface area contributed by atoms with Crippen LogP contribution in [0.4, 0.5) is 5.69 Å². The lowest BCUT2D eigenvalue weighted by atomic mass is 9.96. The smallest absolute Gasteiger partial charge is 0.313 e. The number of aliphatic hydroxyl groups excluding tert-OH is 1. The topological polar surface area (TPSA) is 111 Å². The number of hydrogen-bond donors (Lipinski definition) is 3. The molecule has 0 aromatic heterocycles. The molecule has 0 unspecified atom stereocenters. The average molecular weight is 363 g/mol. The third-order valence-corrected chi connectivity index (χ3v) is 4.96. The summed E-state index contributed by atoms with van der Waals surface area (Å²) < 4.78 is 5.75. The summed E-state index contributed by atoms with van der Waals surface area (Å²) in [6, 6.07) is 8.43. The highest BCUT2D eigenvalue weighted by Crippen LogP contribution is 2.30. The molecule has 0 atom stereocenters. The second kappa shape index (κ2) is 9.42. The minimum Gasteiger partial charge on any atom is -0.394 e. The fourth-order valence-electron chi connectivity index (χ4n) is 2.57. The molecule has 8 heteroatoms. The van der Waals surface area contributed by atoms with E-state index < -0.39 is 17.4 Å². The van der Waals surface area contributed by atoms with E-state index in [9.17, 15) is 9.59 Å². The van der Waals surface area contributed by atoms with E-state index in [1.807, 2.05) is 17.8 Å². The molecule has 134 valence electrons. The van der Waals surface area contributed by atoms with Crippen LogP contribution < -0.4 is 10.6 Å². The molecule has 0 spiro atoms. The summed E-state index contributed by atoms with van der Waals surface area (Å²) in [4.78, 5) is 24.1. The van der Waals surface area contributed by atoms with Gasteiger partial charge >= 0.3 is 11.8 Å². The summed E-state index contributed by atoms with van der Waals surface area (Å²) in [5, 5.41) is 23.1. The standard InChI is InChI=1S/C17H21N3O4S/c18-11-13-3-1-2-4-14(13)20-16(23)15(22)19-12-17(24-8-7-21)5-9-25-10-6-17/h1-4,21H,5-10,12H2,(H,19,22)(H,20,23). The highest BCUT2D eigenvalue weighted by Gasteiger charge is 2.34. The van der Waals surface area contributed by atoms with Crippen molar-refractivity contribution in [1.82, 2.24) is 5.32 Å². The van der Waals surface area contributed by atoms with Gasteiger partial charge in [-0.15, -0.1) is 0 Å². The quantitative estimate of drug-likeness (QED) is 0.647. The highest BCUT2D eigenvalue weighted by atomic mass is 32.2. The highest BCUT2D eigenvalue weighted by molar-refractivity contribution is 7.99. The van der Waals surface area contributed by atoms with Crippen molar-refractivity contribution in [2.75, 3.05) is 36.6 Å². The lowest BCUT2D eigenvalue weighted by molar-refractivity contribution is -0.137. The molecule has 1 saturated heterocycles. The van der Waals surface area contributed by atoms with Gasteiger partial charge in [0.05, 0.1) is 30.1 Å². The Hall–Kier alpha value is -2.08. The molecule has 1 aromatic rings. The van der Waals surface area contributed by atoms with Gasteiger partial charge in [0.2, 0.25) is 0 Å². The van der Waals surface area contributed by atoms with Crippen molar-refractivity contribution in [3.05, 3.63) is 29.8 Å². The zero-order valence-electron chi connectivity index (χ0n) is 13.8. The molecule has 1 fully saturated rings. The van der Waals surface area contributed by atoms with Gasteiger partial charge in [-0.2, -0.15) is 17.0 Å². The second-order valence-corrected chi connectivity index (χ2v) is 6.89. The lowest BCUT2D eigenvalue weighted by Crippen LogP contribution is -2.50. The zero-order chi connectivity index (χ0) is 18.1. The first-order valence-electron chi connectivity index (χ1n) is 8.01. The Bertz CT molecular complexity index is 654. The number of nitrogens with zero attached hydrogens (tertiary/aromatic N) is 1. The summed E-state index contributed by atoms with van der Waals surface area (Å²) >= 11 is 1.81. The number of thioether (sulfide) groups is 1. The summed E-state index contributed by atoms with van der Waals surface area (Å²) in [5.74, 6) is 0.203. The number of rotatable bonds is 6. The van der Waals surface area contributed by atoms with Gasteiger partial charge in [0.15, 0.2) is 0 Å². The number of anilines is 1. The van der Waals surface area contributed by atoms with Crippen molar-refractivity contribution in [1.29, 1.82) is 5.26 Å². The maximum Gasteiger partial charge on any atom is 0.313 e. The Labute approximate surface area is 150 Å². The molecular weight excluding hydrogens is 342 g/mol. The molecule has 0 radical (unpaired) electrons. The summed E-state index contributed by atoms with van der Waals surface area (Å²) in [7, 11) is 0. The van der Waals surface area contributed by atoms with Crippen LogP contribution in [0.1, 0.15) is 18.4 Å². The number of ether oxygens (including phenoxy) is 1. The van der Waals surface area contributed by atoms with Crippen molar-refractivity contribution in [2.24, 2.45) is 0 Å². The van der Waals surface area contributed by atoms with Crippen molar-refractivity contribution in [2.45, 2.75) is 18.4 Å². The monoisotopic (exact) mass is 363 g/mol. The van der Waals surface area contributed by atoms with E-state index in [-0.39, 0.29) is 25.3 Å². The molecule has 25 heavy (non-hydrogen) atoms. The molecule has 1 aliphatic heterocycles. The Morgan fingerprint density at radius 2 is 2.00 bits per heavy atom. The third kappa shape index (κ3) is 5.46. The Morgan fingerprint density at radius 1 is 1.28 bits per heavy atom. The van der Waals surface area contributed by atoms with Crippen LogP contribution >= 0.6 is 11.8 Å². The number of nitriles is 1. The van der Waals surface area contributed by atoms with Gasteiger partial charge in [-0.25, -0.2) is 0 Å². The van der Waals surface area contributed by atoms with Gasteiger partial charge in [-0.3, -0.25) is 9.59 Å². The summed E-state index contributed by atoms with van der Waals surface area (Å²) in [6.07, 6.45) is 1.49. The number of hydrogen-bond acceptors (Lipinski definition) is 6. The van der Waals surface area contributed by atoms with Crippen LogP contribution in [0.5, 0.6) is 0 Å². The first-order chi connectivity index (χ1) is 12.1. The SMILES string of the molecule is N#Cc1ccccc1NC(=O)C(=O)NCC1(OCCO)CCSCC1. The van der Waals surface area contributed by atoms with Crippen molar-refractivity contribution in [3.8, 4) is 6.07 Å². The number of nitrogens with one attached hydrogen (secondary N) is 2. The van der Waals surface area contributed by atoms with Crippen molar-refractivity contribution >= 4 is 29.3 Å². The number of para-hydroxylation sites is 1. The number of amides is 2. The minimum absolute atomic E-state index is 0.0890. The predicted octanol–water partition coefficient (Wildman–Crippen LogP) is 0.888. The van der Waals surface area contributed by atoms with Gasteiger partial charge < -0.3 is 20.5 Å². The minimum atomic E-state index is -0.829. The maximum absolute atomic E-state index is 12.1. The van der Waals surface area contributed by atoms with Crippen LogP contribution in [0.3, 0.4) is 0 Å². The normalized spacial score (nSPS) is 15.8. The molecule has 0 aliphatic carbocycles. The first-order valence-corrected chi connectivity index (χ1v) is 9.16. The van der Waals surface area contributed by atoms with Gasteiger partial charge in [0, 0.05) is 6.54 Å². The first kappa shape index (κ1) is 19.2. The number of aliphatic hydroxyl groups is 1. The Kier molecular flexibility index (Phi) is 7.25. The number of carbonyl (C=O) groups is 2. The second-order valence-electron chi connectivity index (χ2n) is 5.66. The number of carbonyl (C=O) groups excluding carboxylic acids is 2. The molecule has 7 nitrogen and oxygen atoms in total. The van der Waals surface area contributed by atoms with Crippen molar-refractivity contribution in [3.63, 3.8) is 0 Å². The van der Waals surface area contributed by atoms with Gasteiger partial charge in [0.25, 0.3) is 0 Å². The molecular formula is C17H21N3O4S. The predicted molar refractivity (Wildman–Crippen MR) is 95.1 cm³/mol. The lowest BCUT2D eigenvalue weighted by Gasteiger charge is -2.36. The van der Waals surface area contributed by atoms with E-state index in [1.54, 1.807) is 24.3 Å². The van der Waals surface area contributed by atoms with Gasteiger partial charge in [-0.1, -0.05) is 12.1 Å². The largest absolute Gasteiger partial charge is 0.394 e. The summed E-state index contributed by atoms with van der Waals surface area (Å²) in [5.41, 5.74) is 0.0373. The molecule has 2 rings (SSSR count). The molecule has 0 saturated carbocycles. The molecule has 1 aromatic carbocycles.